The van der Waals surface area contributed by atoms with Gasteiger partial charge in [0, 0.05) is 21.5 Å². The van der Waals surface area contributed by atoms with E-state index < -0.39 is 11.7 Å². The predicted molar refractivity (Wildman–Crippen MR) is 111 cm³/mol. The van der Waals surface area contributed by atoms with E-state index in [-0.39, 0.29) is 10.7 Å². The number of nitriles is 2. The van der Waals surface area contributed by atoms with Gasteiger partial charge in [-0.1, -0.05) is 23.8 Å². The maximum atomic E-state index is 13.3. The zero-order valence-electron chi connectivity index (χ0n) is 16.0. The lowest BCUT2D eigenvalue weighted by Gasteiger charge is -2.06. The molecule has 0 fully saturated rings. The Hall–Kier alpha value is -4.23. The van der Waals surface area contributed by atoms with Crippen LogP contribution in [0.3, 0.4) is 0 Å². The second-order valence-corrected chi connectivity index (χ2v) is 7.37. The first-order chi connectivity index (χ1) is 14.8. The van der Waals surface area contributed by atoms with E-state index in [4.69, 9.17) is 0 Å². The highest BCUT2D eigenvalue weighted by Crippen LogP contribution is 2.35. The molecule has 0 unspecified atom stereocenters. The van der Waals surface area contributed by atoms with E-state index in [1.807, 2.05) is 37.4 Å². The minimum absolute atomic E-state index is 0.185. The minimum Gasteiger partial charge on any atom is -0.172 e. The summed E-state index contributed by atoms with van der Waals surface area (Å²) in [6.07, 6.45) is -0.968. The van der Waals surface area contributed by atoms with Crippen LogP contribution < -0.4 is 10.7 Å². The lowest BCUT2D eigenvalue weighted by molar-refractivity contribution is -0.137. The van der Waals surface area contributed by atoms with Gasteiger partial charge in [-0.25, -0.2) is 0 Å². The number of alkyl halides is 3. The van der Waals surface area contributed by atoms with Crippen LogP contribution in [0.4, 0.5) is 13.2 Å². The molecule has 0 radical (unpaired) electrons. The molecule has 0 aromatic heterocycles. The Morgan fingerprint density at radius 1 is 0.645 bits per heavy atom. The van der Waals surface area contributed by atoms with Gasteiger partial charge < -0.3 is 0 Å². The fourth-order valence-corrected chi connectivity index (χ4v) is 4.31. The number of aryl methyl sites for hydroxylation is 1. The minimum atomic E-state index is -4.51. The van der Waals surface area contributed by atoms with E-state index in [9.17, 15) is 23.7 Å². The van der Waals surface area contributed by atoms with Crippen LogP contribution in [0.15, 0.2) is 58.5 Å². The lowest BCUT2D eigenvalue weighted by atomic mass is 10.1. The number of fused-ring (bicyclic) bond motifs is 6. The highest BCUT2D eigenvalue weighted by atomic mass is 19.4. The Morgan fingerprint density at radius 3 is 1.68 bits per heavy atom. The summed E-state index contributed by atoms with van der Waals surface area (Å²) in [5.41, 5.74) is 0.214. The highest BCUT2D eigenvalue weighted by Gasteiger charge is 2.31. The number of rotatable bonds is 0. The van der Waals surface area contributed by atoms with Crippen molar-refractivity contribution in [2.45, 2.75) is 13.1 Å². The quantitative estimate of drug-likeness (QED) is 0.325. The van der Waals surface area contributed by atoms with Gasteiger partial charge in [0.05, 0.1) is 16.3 Å². The Balaban J connectivity index is 2.05. The van der Waals surface area contributed by atoms with Crippen molar-refractivity contribution in [2.24, 2.45) is 9.98 Å². The van der Waals surface area contributed by atoms with E-state index in [0.29, 0.717) is 26.9 Å². The van der Waals surface area contributed by atoms with Gasteiger partial charge in [-0.3, -0.25) is 0 Å². The van der Waals surface area contributed by atoms with Gasteiger partial charge in [-0.15, -0.1) is 0 Å². The molecule has 0 spiro atoms. The maximum Gasteiger partial charge on any atom is 0.416 e. The fourth-order valence-electron chi connectivity index (χ4n) is 4.31. The first-order valence-electron chi connectivity index (χ1n) is 9.29. The molecule has 0 atom stereocenters. The van der Waals surface area contributed by atoms with Gasteiger partial charge in [-0.2, -0.15) is 33.7 Å². The lowest BCUT2D eigenvalue weighted by Crippen LogP contribution is -2.06. The van der Waals surface area contributed by atoms with E-state index in [1.165, 1.54) is 6.07 Å². The molecule has 5 rings (SSSR count). The molecule has 0 saturated carbocycles. The fraction of sp³-hybridized carbons (Fsp3) is 0.0833. The van der Waals surface area contributed by atoms with Gasteiger partial charge in [0.1, 0.15) is 0 Å². The summed E-state index contributed by atoms with van der Waals surface area (Å²) < 4.78 is 39.8. The molecular weight excluding hydrogens is 401 g/mol. The Morgan fingerprint density at radius 2 is 1.13 bits per heavy atom. The summed E-state index contributed by atoms with van der Waals surface area (Å²) in [7, 11) is 0. The van der Waals surface area contributed by atoms with Crippen LogP contribution in [0.5, 0.6) is 0 Å². The average Bonchev–Trinajstić information content (AvgIpc) is 3.19. The average molecular weight is 412 g/mol. The number of hydrogen-bond acceptors (Lipinski definition) is 4. The molecule has 148 valence electrons. The third-order valence-electron chi connectivity index (χ3n) is 5.60. The van der Waals surface area contributed by atoms with E-state index >= 15 is 0 Å². The first kappa shape index (κ1) is 18.8. The molecule has 0 saturated heterocycles. The van der Waals surface area contributed by atoms with Crippen LogP contribution in [0.1, 0.15) is 11.1 Å². The normalized spacial score (nSPS) is 13.5. The zero-order chi connectivity index (χ0) is 21.9. The standard InChI is InChI=1S/C24H11F3N4/c1-12-2-4-14-16-8-17-15-5-3-13(24(25,26)27)7-19(15)23(31-11-29)21(17)9-20(16)22(30-10-28)18(14)6-12/h2-9H,1H3/b30-22+,31-23-. The smallest absolute Gasteiger partial charge is 0.172 e. The van der Waals surface area contributed by atoms with Crippen molar-refractivity contribution in [1.82, 2.24) is 0 Å². The van der Waals surface area contributed by atoms with Crippen molar-refractivity contribution >= 4 is 43.1 Å². The summed E-state index contributed by atoms with van der Waals surface area (Å²) in [5, 5.41) is 24.4. The van der Waals surface area contributed by atoms with Crippen molar-refractivity contribution in [3.05, 3.63) is 70.4 Å². The molecule has 0 aliphatic rings. The monoisotopic (exact) mass is 412 g/mol. The summed E-state index contributed by atoms with van der Waals surface area (Å²) >= 11 is 0. The predicted octanol–water partition coefficient (Wildman–Crippen LogP) is 5.27. The largest absolute Gasteiger partial charge is 0.416 e. The van der Waals surface area contributed by atoms with E-state index in [1.54, 1.807) is 12.3 Å². The van der Waals surface area contributed by atoms with Crippen LogP contribution in [0.25, 0.3) is 43.1 Å². The van der Waals surface area contributed by atoms with E-state index in [2.05, 4.69) is 9.98 Å². The maximum absolute atomic E-state index is 13.3. The van der Waals surface area contributed by atoms with Crippen molar-refractivity contribution in [1.29, 1.82) is 10.5 Å². The van der Waals surface area contributed by atoms with Crippen LogP contribution in [-0.4, -0.2) is 0 Å². The summed E-state index contributed by atoms with van der Waals surface area (Å²) in [5.74, 6) is 0. The van der Waals surface area contributed by atoms with Crippen molar-refractivity contribution in [2.75, 3.05) is 0 Å². The Bertz CT molecular complexity index is 1750. The van der Waals surface area contributed by atoms with Crippen molar-refractivity contribution in [3.8, 4) is 12.4 Å². The molecule has 5 aromatic rings. The summed E-state index contributed by atoms with van der Waals surface area (Å²) in [4.78, 5) is 7.85. The third-order valence-corrected chi connectivity index (χ3v) is 5.60. The second kappa shape index (κ2) is 6.38. The van der Waals surface area contributed by atoms with Gasteiger partial charge in [0.15, 0.2) is 0 Å². The molecule has 0 heterocycles. The second-order valence-electron chi connectivity index (χ2n) is 7.37. The van der Waals surface area contributed by atoms with Gasteiger partial charge in [0.25, 0.3) is 0 Å². The van der Waals surface area contributed by atoms with Gasteiger partial charge >= 0.3 is 6.18 Å². The van der Waals surface area contributed by atoms with Crippen LogP contribution in [0.2, 0.25) is 0 Å². The Labute approximate surface area is 173 Å². The molecule has 4 nitrogen and oxygen atoms in total. The molecule has 31 heavy (non-hydrogen) atoms. The molecule has 0 bridgehead atoms. The number of hydrogen-bond donors (Lipinski definition) is 0. The summed E-state index contributed by atoms with van der Waals surface area (Å²) in [6.45, 7) is 1.94. The highest BCUT2D eigenvalue weighted by molar-refractivity contribution is 6.21. The van der Waals surface area contributed by atoms with Crippen LogP contribution >= 0.6 is 0 Å². The number of nitrogens with zero attached hydrogens (tertiary/aromatic N) is 4. The van der Waals surface area contributed by atoms with Crippen LogP contribution in [-0.2, 0) is 6.18 Å². The molecule has 0 N–H and O–H groups in total. The molecule has 5 aromatic carbocycles. The number of halogens is 3. The Kier molecular flexibility index (Phi) is 3.87. The van der Waals surface area contributed by atoms with Gasteiger partial charge in [-0.05, 0) is 58.8 Å². The topological polar surface area (TPSA) is 72.3 Å². The molecule has 0 amide bonds. The van der Waals surface area contributed by atoms with Crippen LogP contribution in [0, 0.1) is 29.8 Å². The molecule has 7 heteroatoms. The molecule has 0 aliphatic carbocycles. The number of benzene rings is 3. The SMILES string of the molecule is Cc1ccc2c(c1)/c(=N\C#N)c1cc3/c(=N\C#N)c4cc(C(F)(F)F)ccc4c3cc12. The van der Waals surface area contributed by atoms with Crippen molar-refractivity contribution in [3.63, 3.8) is 0 Å². The van der Waals surface area contributed by atoms with E-state index in [0.717, 1.165) is 33.9 Å². The molecule has 0 aliphatic heterocycles. The first-order valence-corrected chi connectivity index (χ1v) is 9.29. The van der Waals surface area contributed by atoms with Crippen molar-refractivity contribution < 1.29 is 13.2 Å². The zero-order valence-corrected chi connectivity index (χ0v) is 16.0. The van der Waals surface area contributed by atoms with Gasteiger partial charge in [0.2, 0.25) is 12.4 Å². The molecular formula is C24H11F3N4. The third kappa shape index (κ3) is 2.68. The summed E-state index contributed by atoms with van der Waals surface area (Å²) in [6, 6.07) is 13.0.